The molecule has 0 atom stereocenters. The Morgan fingerprint density at radius 2 is 1.57 bits per heavy atom. The van der Waals surface area contributed by atoms with E-state index in [0.717, 1.165) is 21.3 Å². The third-order valence-electron chi connectivity index (χ3n) is 5.09. The number of hydrogen-bond donors (Lipinski definition) is 1. The first-order valence-electron chi connectivity index (χ1n) is 11.1. The van der Waals surface area contributed by atoms with Crippen LogP contribution in [0.5, 0.6) is 11.5 Å². The van der Waals surface area contributed by atoms with Gasteiger partial charge in [0.2, 0.25) is 0 Å². The Morgan fingerprint density at radius 3 is 2.26 bits per heavy atom. The smallest absolute Gasteiger partial charge is 0.266 e. The first-order chi connectivity index (χ1) is 17.0. The Balaban J connectivity index is 1.55. The highest BCUT2D eigenvalue weighted by Gasteiger charge is 2.13. The van der Waals surface area contributed by atoms with Crippen LogP contribution in [-0.4, -0.2) is 32.3 Å². The molecule has 0 radical (unpaired) electrons. The number of nitrogens with zero attached hydrogens (tertiary/aromatic N) is 1. The van der Waals surface area contributed by atoms with E-state index in [4.69, 9.17) is 14.2 Å². The summed E-state index contributed by atoms with van der Waals surface area (Å²) in [4.78, 5) is 12.7. The van der Waals surface area contributed by atoms with Gasteiger partial charge in [-0.05, 0) is 61.4 Å². The van der Waals surface area contributed by atoms with Crippen molar-refractivity contribution in [3.05, 3.63) is 93.5 Å². The Bertz CT molecular complexity index is 1230. The van der Waals surface area contributed by atoms with Crippen LogP contribution in [0.2, 0.25) is 0 Å². The molecule has 0 fully saturated rings. The van der Waals surface area contributed by atoms with Crippen molar-refractivity contribution >= 4 is 33.6 Å². The molecule has 0 saturated carbocycles. The van der Waals surface area contributed by atoms with Gasteiger partial charge in [0.15, 0.2) is 0 Å². The molecule has 3 rings (SSSR count). The van der Waals surface area contributed by atoms with Crippen LogP contribution in [0, 0.1) is 25.2 Å². The molecular weight excluding hydrogens is 508 g/mol. The minimum absolute atomic E-state index is 0.0270. The highest BCUT2D eigenvalue weighted by atomic mass is 79.9. The van der Waals surface area contributed by atoms with Crippen molar-refractivity contribution in [2.45, 2.75) is 13.8 Å². The Labute approximate surface area is 214 Å². The summed E-state index contributed by atoms with van der Waals surface area (Å²) >= 11 is 3.44. The summed E-state index contributed by atoms with van der Waals surface area (Å²) in [6, 6.07) is 22.6. The van der Waals surface area contributed by atoms with Gasteiger partial charge in [-0.1, -0.05) is 52.3 Å². The predicted octanol–water partition coefficient (Wildman–Crippen LogP) is 6.09. The first kappa shape index (κ1) is 26.0. The fourth-order valence-corrected chi connectivity index (χ4v) is 3.59. The van der Waals surface area contributed by atoms with Crippen LogP contribution in [0.3, 0.4) is 0 Å². The van der Waals surface area contributed by atoms with E-state index in [0.29, 0.717) is 43.4 Å². The molecule has 6 nitrogen and oxygen atoms in total. The maximum absolute atomic E-state index is 12.7. The Kier molecular flexibility index (Phi) is 9.91. The molecule has 0 aliphatic rings. The van der Waals surface area contributed by atoms with Crippen LogP contribution in [0.15, 0.2) is 76.8 Å². The predicted molar refractivity (Wildman–Crippen MR) is 141 cm³/mol. The third-order valence-corrected chi connectivity index (χ3v) is 5.59. The van der Waals surface area contributed by atoms with E-state index in [-0.39, 0.29) is 5.57 Å². The molecule has 3 aromatic rings. The monoisotopic (exact) mass is 534 g/mol. The first-order valence-corrected chi connectivity index (χ1v) is 11.9. The van der Waals surface area contributed by atoms with Gasteiger partial charge < -0.3 is 19.5 Å². The number of nitrogens with one attached hydrogen (secondary N) is 1. The van der Waals surface area contributed by atoms with Gasteiger partial charge >= 0.3 is 0 Å². The molecule has 0 aliphatic carbocycles. The molecule has 0 bridgehead atoms. The zero-order chi connectivity index (χ0) is 25.0. The summed E-state index contributed by atoms with van der Waals surface area (Å²) in [6.07, 6.45) is 1.52. The van der Waals surface area contributed by atoms with E-state index in [1.165, 1.54) is 6.08 Å². The number of ether oxygens (including phenoxy) is 3. The second-order valence-electron chi connectivity index (χ2n) is 7.70. The second-order valence-corrected chi connectivity index (χ2v) is 8.61. The van der Waals surface area contributed by atoms with Crippen LogP contribution in [-0.2, 0) is 9.53 Å². The topological polar surface area (TPSA) is 80.6 Å². The van der Waals surface area contributed by atoms with Crippen LogP contribution in [0.1, 0.15) is 16.7 Å². The molecule has 35 heavy (non-hydrogen) atoms. The largest absolute Gasteiger partial charge is 0.491 e. The zero-order valence-electron chi connectivity index (χ0n) is 19.7. The number of halogens is 1. The van der Waals surface area contributed by atoms with Crippen molar-refractivity contribution in [3.63, 3.8) is 0 Å². The summed E-state index contributed by atoms with van der Waals surface area (Å²) in [5, 5.41) is 12.4. The number of benzene rings is 3. The highest BCUT2D eigenvalue weighted by Crippen LogP contribution is 2.26. The van der Waals surface area contributed by atoms with E-state index in [1.54, 1.807) is 18.2 Å². The lowest BCUT2D eigenvalue weighted by atomic mass is 10.1. The minimum Gasteiger partial charge on any atom is -0.491 e. The molecule has 1 amide bonds. The number of carbonyl (C=O) groups excluding carboxylic acids is 1. The molecule has 0 unspecified atom stereocenters. The molecular formula is C28H27BrN2O4. The number of anilines is 1. The minimum atomic E-state index is -0.482. The summed E-state index contributed by atoms with van der Waals surface area (Å²) in [5.41, 5.74) is 3.23. The van der Waals surface area contributed by atoms with Crippen LogP contribution in [0.4, 0.5) is 5.69 Å². The lowest BCUT2D eigenvalue weighted by Gasteiger charge is -2.12. The van der Waals surface area contributed by atoms with E-state index >= 15 is 0 Å². The van der Waals surface area contributed by atoms with Gasteiger partial charge in [0.05, 0.1) is 13.2 Å². The molecule has 7 heteroatoms. The lowest BCUT2D eigenvalue weighted by Crippen LogP contribution is -2.14. The van der Waals surface area contributed by atoms with Gasteiger partial charge in [0, 0.05) is 15.7 Å². The van der Waals surface area contributed by atoms with Gasteiger partial charge in [-0.2, -0.15) is 5.26 Å². The van der Waals surface area contributed by atoms with Crippen molar-refractivity contribution < 1.29 is 19.0 Å². The van der Waals surface area contributed by atoms with Crippen molar-refractivity contribution in [2.75, 3.05) is 31.7 Å². The molecule has 0 saturated heterocycles. The number of rotatable bonds is 11. The molecule has 0 heterocycles. The van der Waals surface area contributed by atoms with Crippen molar-refractivity contribution in [1.82, 2.24) is 0 Å². The number of hydrogen-bond acceptors (Lipinski definition) is 5. The molecule has 0 aliphatic heterocycles. The highest BCUT2D eigenvalue weighted by molar-refractivity contribution is 9.10. The maximum Gasteiger partial charge on any atom is 0.266 e. The zero-order valence-corrected chi connectivity index (χ0v) is 21.3. The number of para-hydroxylation sites is 2. The standard InChI is InChI=1S/C28H27BrN2O4/c1-20-7-3-5-9-25(20)31-28(32)23(19-30)17-22-18-24(29)11-12-27(22)35-16-14-33-13-15-34-26-10-6-4-8-21(26)2/h3-12,17-18H,13-16H2,1-2H3,(H,31,32)/b23-17+. The van der Waals surface area contributed by atoms with Gasteiger partial charge in [-0.15, -0.1) is 0 Å². The molecule has 3 aromatic carbocycles. The van der Waals surface area contributed by atoms with Gasteiger partial charge in [0.25, 0.3) is 5.91 Å². The summed E-state index contributed by atoms with van der Waals surface area (Å²) in [6.45, 7) is 5.45. The quantitative estimate of drug-likeness (QED) is 0.183. The van der Waals surface area contributed by atoms with Gasteiger partial charge in [-0.25, -0.2) is 0 Å². The molecule has 1 N–H and O–H groups in total. The summed E-state index contributed by atoms with van der Waals surface area (Å²) in [5.74, 6) is 0.910. The molecule has 0 spiro atoms. The Hall–Kier alpha value is -3.60. The fourth-order valence-electron chi connectivity index (χ4n) is 3.21. The van der Waals surface area contributed by atoms with E-state index in [2.05, 4.69) is 21.2 Å². The lowest BCUT2D eigenvalue weighted by molar-refractivity contribution is -0.112. The second kappa shape index (κ2) is 13.3. The van der Waals surface area contributed by atoms with Crippen LogP contribution < -0.4 is 14.8 Å². The summed E-state index contributed by atoms with van der Waals surface area (Å²) < 4.78 is 18.0. The molecule has 0 aromatic heterocycles. The van der Waals surface area contributed by atoms with Crippen LogP contribution in [0.25, 0.3) is 6.08 Å². The van der Waals surface area contributed by atoms with Gasteiger partial charge in [-0.3, -0.25) is 4.79 Å². The number of carbonyl (C=O) groups is 1. The van der Waals surface area contributed by atoms with Crippen molar-refractivity contribution in [3.8, 4) is 17.6 Å². The molecule has 180 valence electrons. The maximum atomic E-state index is 12.7. The third kappa shape index (κ3) is 7.99. The van der Waals surface area contributed by atoms with Crippen molar-refractivity contribution in [2.24, 2.45) is 0 Å². The van der Waals surface area contributed by atoms with Crippen LogP contribution >= 0.6 is 15.9 Å². The normalized spacial score (nSPS) is 11.0. The average molecular weight is 535 g/mol. The van der Waals surface area contributed by atoms with Crippen molar-refractivity contribution in [1.29, 1.82) is 5.26 Å². The average Bonchev–Trinajstić information content (AvgIpc) is 2.85. The Morgan fingerprint density at radius 1 is 0.914 bits per heavy atom. The number of nitriles is 1. The fraction of sp³-hybridized carbons (Fsp3) is 0.214. The summed E-state index contributed by atoms with van der Waals surface area (Å²) in [7, 11) is 0. The number of amides is 1. The SMILES string of the molecule is Cc1ccccc1NC(=O)/C(C#N)=C/c1cc(Br)ccc1OCCOCCOc1ccccc1C. The van der Waals surface area contributed by atoms with Gasteiger partial charge in [0.1, 0.15) is 36.4 Å². The number of aryl methyl sites for hydroxylation is 2. The van der Waals surface area contributed by atoms with E-state index in [9.17, 15) is 10.1 Å². The van der Waals surface area contributed by atoms with E-state index in [1.807, 2.05) is 68.4 Å². The van der Waals surface area contributed by atoms with E-state index < -0.39 is 5.91 Å².